The van der Waals surface area contributed by atoms with Gasteiger partial charge < -0.3 is 5.32 Å². The Labute approximate surface area is 105 Å². The Hall–Kier alpha value is -1.07. The van der Waals surface area contributed by atoms with Crippen molar-refractivity contribution < 1.29 is 13.2 Å². The fourth-order valence-electron chi connectivity index (χ4n) is 2.49. The third kappa shape index (κ3) is 3.46. The maximum atomic E-state index is 12.3. The van der Waals surface area contributed by atoms with Crippen LogP contribution in [0, 0.1) is 0 Å². The van der Waals surface area contributed by atoms with E-state index >= 15 is 0 Å². The molecule has 0 amide bonds. The molecule has 5 heteroatoms. The van der Waals surface area contributed by atoms with Gasteiger partial charge in [-0.3, -0.25) is 4.90 Å². The first kappa shape index (κ1) is 13.4. The maximum Gasteiger partial charge on any atom is 0.401 e. The molecule has 1 atom stereocenters. The zero-order valence-corrected chi connectivity index (χ0v) is 10.3. The molecule has 18 heavy (non-hydrogen) atoms. The minimum atomic E-state index is -4.13. The summed E-state index contributed by atoms with van der Waals surface area (Å²) in [5, 5.41) is 3.25. The molecule has 0 saturated carbocycles. The molecular weight excluding hydrogens is 241 g/mol. The second-order valence-electron chi connectivity index (χ2n) is 4.84. The van der Waals surface area contributed by atoms with Crippen LogP contribution in [0.5, 0.6) is 0 Å². The van der Waals surface area contributed by atoms with E-state index in [9.17, 15) is 13.2 Å². The van der Waals surface area contributed by atoms with Gasteiger partial charge in [0, 0.05) is 25.6 Å². The molecule has 1 N–H and O–H groups in total. The molecule has 2 nitrogen and oxygen atoms in total. The molecule has 1 unspecified atom stereocenters. The first-order valence-corrected chi connectivity index (χ1v) is 5.99. The lowest BCUT2D eigenvalue weighted by molar-refractivity contribution is -0.143. The number of nitrogens with one attached hydrogen (secondary N) is 1. The summed E-state index contributed by atoms with van der Waals surface area (Å²) in [5.74, 6) is 0.127. The van der Waals surface area contributed by atoms with Crippen LogP contribution in [0.25, 0.3) is 0 Å². The zero-order chi connectivity index (χ0) is 13.2. The first-order chi connectivity index (χ1) is 8.46. The molecule has 100 valence electrons. The highest BCUT2D eigenvalue weighted by atomic mass is 19.4. The summed E-state index contributed by atoms with van der Waals surface area (Å²) in [6.45, 7) is 1.10. The van der Waals surface area contributed by atoms with E-state index in [-0.39, 0.29) is 5.92 Å². The summed E-state index contributed by atoms with van der Waals surface area (Å²) in [6, 6.07) is 7.95. The summed E-state index contributed by atoms with van der Waals surface area (Å²) in [6.07, 6.45) is -4.13. The third-order valence-electron chi connectivity index (χ3n) is 3.18. The maximum absolute atomic E-state index is 12.3. The van der Waals surface area contributed by atoms with E-state index in [1.165, 1.54) is 23.1 Å². The zero-order valence-electron chi connectivity index (χ0n) is 10.3. The van der Waals surface area contributed by atoms with E-state index in [1.54, 1.807) is 0 Å². The van der Waals surface area contributed by atoms with Crippen LogP contribution in [0.15, 0.2) is 24.3 Å². The van der Waals surface area contributed by atoms with E-state index in [2.05, 4.69) is 5.32 Å². The van der Waals surface area contributed by atoms with Crippen molar-refractivity contribution in [1.82, 2.24) is 10.2 Å². The quantitative estimate of drug-likeness (QED) is 0.895. The molecule has 1 aromatic rings. The average Bonchev–Trinajstić information content (AvgIpc) is 2.27. The summed E-state index contributed by atoms with van der Waals surface area (Å²) in [7, 11) is 1.52. The molecule has 2 rings (SSSR count). The van der Waals surface area contributed by atoms with Crippen LogP contribution in [0.3, 0.4) is 0 Å². The van der Waals surface area contributed by atoms with Gasteiger partial charge in [0.15, 0.2) is 0 Å². The number of alkyl halides is 3. The first-order valence-electron chi connectivity index (χ1n) is 5.99. The van der Waals surface area contributed by atoms with Crippen molar-refractivity contribution in [3.8, 4) is 0 Å². The van der Waals surface area contributed by atoms with Crippen LogP contribution in [0.4, 0.5) is 13.2 Å². The minimum Gasteiger partial charge on any atom is -0.312 e. The molecule has 0 spiro atoms. The van der Waals surface area contributed by atoms with Crippen molar-refractivity contribution in [2.75, 3.05) is 26.7 Å². The highest BCUT2D eigenvalue weighted by Gasteiger charge is 2.30. The third-order valence-corrected chi connectivity index (χ3v) is 3.18. The number of nitrogens with zero attached hydrogens (tertiary/aromatic N) is 1. The van der Waals surface area contributed by atoms with Crippen molar-refractivity contribution in [2.24, 2.45) is 0 Å². The van der Waals surface area contributed by atoms with Crippen molar-refractivity contribution in [2.45, 2.75) is 18.6 Å². The van der Waals surface area contributed by atoms with Crippen molar-refractivity contribution in [3.63, 3.8) is 0 Å². The van der Waals surface area contributed by atoms with Crippen LogP contribution in [-0.4, -0.2) is 37.8 Å². The van der Waals surface area contributed by atoms with Crippen LogP contribution in [0.2, 0.25) is 0 Å². The topological polar surface area (TPSA) is 15.3 Å². The molecular formula is C13H17F3N2. The van der Waals surface area contributed by atoms with Crippen LogP contribution in [-0.2, 0) is 6.54 Å². The molecule has 0 aromatic heterocycles. The minimum absolute atomic E-state index is 0.127. The van der Waals surface area contributed by atoms with Gasteiger partial charge in [-0.2, -0.15) is 13.2 Å². The normalized spacial score (nSPS) is 19.9. The van der Waals surface area contributed by atoms with E-state index in [0.29, 0.717) is 6.54 Å². The lowest BCUT2D eigenvalue weighted by Crippen LogP contribution is -2.38. The second-order valence-corrected chi connectivity index (χ2v) is 4.84. The smallest absolute Gasteiger partial charge is 0.312 e. The van der Waals surface area contributed by atoms with Crippen molar-refractivity contribution in [3.05, 3.63) is 35.4 Å². The Morgan fingerprint density at radius 3 is 2.78 bits per heavy atom. The van der Waals surface area contributed by atoms with Crippen LogP contribution in [0.1, 0.15) is 17.0 Å². The van der Waals surface area contributed by atoms with Crippen molar-refractivity contribution >= 4 is 0 Å². The van der Waals surface area contributed by atoms with Gasteiger partial charge in [0.2, 0.25) is 0 Å². The Morgan fingerprint density at radius 1 is 1.33 bits per heavy atom. The van der Waals surface area contributed by atoms with Gasteiger partial charge in [-0.15, -0.1) is 0 Å². The predicted molar refractivity (Wildman–Crippen MR) is 64.4 cm³/mol. The van der Waals surface area contributed by atoms with Crippen molar-refractivity contribution in [1.29, 1.82) is 0 Å². The van der Waals surface area contributed by atoms with Gasteiger partial charge in [-0.25, -0.2) is 0 Å². The molecule has 0 saturated heterocycles. The number of benzene rings is 1. The standard InChI is InChI=1S/C13H17F3N2/c1-18(9-13(14,15)16)8-11-7-17-6-10-4-2-3-5-12(10)11/h2-5,11,17H,6-9H2,1H3. The van der Waals surface area contributed by atoms with Crippen LogP contribution >= 0.6 is 0 Å². The highest BCUT2D eigenvalue weighted by Crippen LogP contribution is 2.25. The van der Waals surface area contributed by atoms with E-state index < -0.39 is 12.7 Å². The fraction of sp³-hybridized carbons (Fsp3) is 0.538. The second kappa shape index (κ2) is 5.28. The van der Waals surface area contributed by atoms with Gasteiger partial charge >= 0.3 is 6.18 Å². The van der Waals surface area contributed by atoms with E-state index in [4.69, 9.17) is 0 Å². The molecule has 1 aliphatic rings. The number of rotatable bonds is 3. The number of hydrogen-bond acceptors (Lipinski definition) is 2. The molecule has 1 aliphatic heterocycles. The summed E-state index contributed by atoms with van der Waals surface area (Å²) >= 11 is 0. The van der Waals surface area contributed by atoms with Gasteiger partial charge in [0.05, 0.1) is 6.54 Å². The summed E-state index contributed by atoms with van der Waals surface area (Å²) < 4.78 is 36.9. The van der Waals surface area contributed by atoms with Gasteiger partial charge in [-0.1, -0.05) is 24.3 Å². The van der Waals surface area contributed by atoms with Gasteiger partial charge in [-0.05, 0) is 18.2 Å². The monoisotopic (exact) mass is 258 g/mol. The number of likely N-dealkylation sites (N-methyl/N-ethyl adjacent to an activating group) is 1. The fourth-order valence-corrected chi connectivity index (χ4v) is 2.49. The molecule has 1 heterocycles. The number of hydrogen-bond donors (Lipinski definition) is 1. The molecule has 0 bridgehead atoms. The Bertz CT molecular complexity index is 403. The summed E-state index contributed by atoms with van der Waals surface area (Å²) in [5.41, 5.74) is 2.36. The highest BCUT2D eigenvalue weighted by molar-refractivity contribution is 5.32. The number of fused-ring (bicyclic) bond motifs is 1. The van der Waals surface area contributed by atoms with E-state index in [0.717, 1.165) is 13.1 Å². The number of halogens is 3. The summed E-state index contributed by atoms with van der Waals surface area (Å²) in [4.78, 5) is 1.34. The Kier molecular flexibility index (Phi) is 3.92. The van der Waals surface area contributed by atoms with Crippen LogP contribution < -0.4 is 5.32 Å². The lowest BCUT2D eigenvalue weighted by atomic mass is 9.90. The predicted octanol–water partition coefficient (Wildman–Crippen LogP) is 2.37. The molecule has 0 fully saturated rings. The Morgan fingerprint density at radius 2 is 2.06 bits per heavy atom. The Balaban J connectivity index is 2.03. The molecule has 1 aromatic carbocycles. The molecule has 0 radical (unpaired) electrons. The SMILES string of the molecule is CN(CC1CNCc2ccccc21)CC(F)(F)F. The van der Waals surface area contributed by atoms with Gasteiger partial charge in [0.25, 0.3) is 0 Å². The average molecular weight is 258 g/mol. The lowest BCUT2D eigenvalue weighted by Gasteiger charge is -2.30. The molecule has 0 aliphatic carbocycles. The largest absolute Gasteiger partial charge is 0.401 e. The van der Waals surface area contributed by atoms with E-state index in [1.807, 2.05) is 24.3 Å². The van der Waals surface area contributed by atoms with Gasteiger partial charge in [0.1, 0.15) is 0 Å².